The Morgan fingerprint density at radius 2 is 1.95 bits per heavy atom. The maximum absolute atomic E-state index is 6.42. The lowest BCUT2D eigenvalue weighted by Crippen LogP contribution is -2.14. The van der Waals surface area contributed by atoms with Crippen LogP contribution in [0.2, 0.25) is 5.02 Å². The third-order valence-electron chi connectivity index (χ3n) is 3.68. The largest absolute Gasteiger partial charge is 0.340 e. The van der Waals surface area contributed by atoms with Gasteiger partial charge in [0.25, 0.3) is 0 Å². The van der Waals surface area contributed by atoms with E-state index in [4.69, 9.17) is 17.3 Å². The Bertz CT molecular complexity index is 607. The highest BCUT2D eigenvalue weighted by molar-refractivity contribution is 6.33. The number of fused-ring (bicyclic) bond motifs is 1. The van der Waals surface area contributed by atoms with Crippen LogP contribution >= 0.6 is 11.6 Å². The summed E-state index contributed by atoms with van der Waals surface area (Å²) in [5.74, 6) is 0. The molecule has 0 fully saturated rings. The predicted octanol–water partition coefficient (Wildman–Crippen LogP) is 4.05. The number of benzene rings is 2. The molecule has 0 saturated heterocycles. The monoisotopic (exact) mass is 272 g/mol. The number of halogens is 1. The van der Waals surface area contributed by atoms with Gasteiger partial charge in [-0.15, -0.1) is 0 Å². The number of anilines is 2. The zero-order valence-electron chi connectivity index (χ0n) is 10.9. The fraction of sp³-hybridized carbons (Fsp3) is 0.250. The molecule has 2 aromatic rings. The highest BCUT2D eigenvalue weighted by atomic mass is 35.5. The molecular formula is C16H17ClN2. The van der Waals surface area contributed by atoms with Crippen molar-refractivity contribution in [3.05, 3.63) is 58.6 Å². The number of nitrogens with zero attached hydrogens (tertiary/aromatic N) is 1. The van der Waals surface area contributed by atoms with Gasteiger partial charge in [-0.05, 0) is 42.7 Å². The molecular weight excluding hydrogens is 256 g/mol. The van der Waals surface area contributed by atoms with Crippen molar-refractivity contribution in [1.82, 2.24) is 0 Å². The van der Waals surface area contributed by atoms with Gasteiger partial charge in [-0.25, -0.2) is 0 Å². The highest BCUT2D eigenvalue weighted by Gasteiger charge is 2.21. The van der Waals surface area contributed by atoms with Crippen LogP contribution in [0.1, 0.15) is 24.1 Å². The third kappa shape index (κ3) is 2.22. The van der Waals surface area contributed by atoms with Crippen molar-refractivity contribution in [2.24, 2.45) is 5.73 Å². The molecule has 0 aliphatic carbocycles. The summed E-state index contributed by atoms with van der Waals surface area (Å²) >= 11 is 6.42. The van der Waals surface area contributed by atoms with Crippen LogP contribution in [-0.4, -0.2) is 6.54 Å². The molecule has 1 atom stereocenters. The first kappa shape index (κ1) is 12.5. The highest BCUT2D eigenvalue weighted by Crippen LogP contribution is 2.38. The molecule has 3 rings (SSSR count). The SMILES string of the molecule is C[C@H](N)c1ccc(N2CCc3ccccc32)c(Cl)c1. The van der Waals surface area contributed by atoms with Crippen molar-refractivity contribution in [2.45, 2.75) is 19.4 Å². The second-order valence-electron chi connectivity index (χ2n) is 5.03. The first-order valence-electron chi connectivity index (χ1n) is 6.57. The Kier molecular flexibility index (Phi) is 3.21. The number of hydrogen-bond acceptors (Lipinski definition) is 2. The molecule has 0 bridgehead atoms. The Morgan fingerprint density at radius 1 is 1.16 bits per heavy atom. The lowest BCUT2D eigenvalue weighted by atomic mass is 10.1. The van der Waals surface area contributed by atoms with Gasteiger partial charge in [-0.1, -0.05) is 35.9 Å². The van der Waals surface area contributed by atoms with Gasteiger partial charge in [0, 0.05) is 18.3 Å². The van der Waals surface area contributed by atoms with Crippen LogP contribution < -0.4 is 10.6 Å². The molecule has 0 amide bonds. The molecule has 0 aromatic heterocycles. The van der Waals surface area contributed by atoms with Gasteiger partial charge in [0.05, 0.1) is 10.7 Å². The molecule has 2 N–H and O–H groups in total. The fourth-order valence-corrected chi connectivity index (χ4v) is 2.90. The minimum atomic E-state index is 0.0115. The minimum Gasteiger partial charge on any atom is -0.340 e. The number of nitrogens with two attached hydrogens (primary N) is 1. The number of hydrogen-bond donors (Lipinski definition) is 1. The summed E-state index contributed by atoms with van der Waals surface area (Å²) in [4.78, 5) is 2.28. The van der Waals surface area contributed by atoms with E-state index >= 15 is 0 Å². The van der Waals surface area contributed by atoms with Gasteiger partial charge < -0.3 is 10.6 Å². The molecule has 19 heavy (non-hydrogen) atoms. The molecule has 0 spiro atoms. The molecule has 1 aliphatic heterocycles. The van der Waals surface area contributed by atoms with E-state index in [1.165, 1.54) is 11.3 Å². The lowest BCUT2D eigenvalue weighted by Gasteiger charge is -2.21. The summed E-state index contributed by atoms with van der Waals surface area (Å²) in [6.07, 6.45) is 1.07. The lowest BCUT2D eigenvalue weighted by molar-refractivity contribution is 0.818. The standard InChI is InChI=1S/C16H17ClN2/c1-11(18)13-6-7-16(14(17)10-13)19-9-8-12-4-2-3-5-15(12)19/h2-7,10-11H,8-9,18H2,1H3/t11-/m0/s1. The van der Waals surface area contributed by atoms with E-state index in [0.29, 0.717) is 0 Å². The summed E-state index contributed by atoms with van der Waals surface area (Å²) in [6.45, 7) is 2.95. The van der Waals surface area contributed by atoms with E-state index in [9.17, 15) is 0 Å². The van der Waals surface area contributed by atoms with E-state index < -0.39 is 0 Å². The molecule has 0 radical (unpaired) electrons. The van der Waals surface area contributed by atoms with Crippen LogP contribution in [0.4, 0.5) is 11.4 Å². The molecule has 1 aliphatic rings. The average molecular weight is 273 g/mol. The molecule has 0 saturated carbocycles. The van der Waals surface area contributed by atoms with E-state index in [-0.39, 0.29) is 6.04 Å². The van der Waals surface area contributed by atoms with Crippen molar-refractivity contribution < 1.29 is 0 Å². The number of para-hydroxylation sites is 1. The maximum atomic E-state index is 6.42. The molecule has 2 nitrogen and oxygen atoms in total. The smallest absolute Gasteiger partial charge is 0.0646 e. The zero-order valence-corrected chi connectivity index (χ0v) is 11.7. The average Bonchev–Trinajstić information content (AvgIpc) is 2.82. The topological polar surface area (TPSA) is 29.3 Å². The maximum Gasteiger partial charge on any atom is 0.0646 e. The normalized spacial score (nSPS) is 15.4. The van der Waals surface area contributed by atoms with Crippen LogP contribution in [0.5, 0.6) is 0 Å². The van der Waals surface area contributed by atoms with Crippen molar-refractivity contribution in [3.63, 3.8) is 0 Å². The fourth-order valence-electron chi connectivity index (χ4n) is 2.61. The Morgan fingerprint density at radius 3 is 2.68 bits per heavy atom. The van der Waals surface area contributed by atoms with Gasteiger partial charge in [-0.3, -0.25) is 0 Å². The summed E-state index contributed by atoms with van der Waals surface area (Å²) in [7, 11) is 0. The summed E-state index contributed by atoms with van der Waals surface area (Å²) < 4.78 is 0. The Hall–Kier alpha value is -1.51. The minimum absolute atomic E-state index is 0.0115. The molecule has 0 unspecified atom stereocenters. The zero-order chi connectivity index (χ0) is 13.4. The first-order chi connectivity index (χ1) is 9.16. The van der Waals surface area contributed by atoms with E-state index in [0.717, 1.165) is 29.2 Å². The van der Waals surface area contributed by atoms with Crippen LogP contribution in [0.3, 0.4) is 0 Å². The van der Waals surface area contributed by atoms with Crippen LogP contribution in [0.25, 0.3) is 0 Å². The molecule has 1 heterocycles. The Balaban J connectivity index is 2.00. The number of rotatable bonds is 2. The van der Waals surface area contributed by atoms with Gasteiger partial charge in [0.1, 0.15) is 0 Å². The van der Waals surface area contributed by atoms with Gasteiger partial charge in [-0.2, -0.15) is 0 Å². The second-order valence-corrected chi connectivity index (χ2v) is 5.44. The van der Waals surface area contributed by atoms with Gasteiger partial charge in [0.15, 0.2) is 0 Å². The van der Waals surface area contributed by atoms with Crippen LogP contribution in [0.15, 0.2) is 42.5 Å². The van der Waals surface area contributed by atoms with Crippen molar-refractivity contribution >= 4 is 23.0 Å². The molecule has 3 heteroatoms. The van der Waals surface area contributed by atoms with Crippen LogP contribution in [-0.2, 0) is 6.42 Å². The van der Waals surface area contributed by atoms with Crippen molar-refractivity contribution in [1.29, 1.82) is 0 Å². The van der Waals surface area contributed by atoms with Crippen molar-refractivity contribution in [2.75, 3.05) is 11.4 Å². The van der Waals surface area contributed by atoms with E-state index in [2.05, 4.69) is 41.3 Å². The summed E-state index contributed by atoms with van der Waals surface area (Å²) in [5, 5.41) is 0.770. The van der Waals surface area contributed by atoms with E-state index in [1.54, 1.807) is 0 Å². The molecule has 2 aromatic carbocycles. The van der Waals surface area contributed by atoms with Crippen molar-refractivity contribution in [3.8, 4) is 0 Å². The second kappa shape index (κ2) is 4.87. The molecule has 98 valence electrons. The third-order valence-corrected chi connectivity index (χ3v) is 3.98. The predicted molar refractivity (Wildman–Crippen MR) is 81.2 cm³/mol. The van der Waals surface area contributed by atoms with Gasteiger partial charge >= 0.3 is 0 Å². The first-order valence-corrected chi connectivity index (χ1v) is 6.95. The Labute approximate surface area is 118 Å². The van der Waals surface area contributed by atoms with E-state index in [1.807, 2.05) is 13.0 Å². The quantitative estimate of drug-likeness (QED) is 0.893. The van der Waals surface area contributed by atoms with Crippen LogP contribution in [0, 0.1) is 0 Å². The summed E-state index contributed by atoms with van der Waals surface area (Å²) in [6, 6.07) is 14.6. The summed E-state index contributed by atoms with van der Waals surface area (Å²) in [5.41, 5.74) is 10.7. The van der Waals surface area contributed by atoms with Gasteiger partial charge in [0.2, 0.25) is 0 Å².